The fourth-order valence-corrected chi connectivity index (χ4v) is 4.41. The Labute approximate surface area is 143 Å². The lowest BCUT2D eigenvalue weighted by Crippen LogP contribution is -2.25. The van der Waals surface area contributed by atoms with E-state index in [0.717, 1.165) is 47.5 Å². The molecule has 2 aromatic heterocycles. The van der Waals surface area contributed by atoms with Crippen LogP contribution in [0.4, 0.5) is 0 Å². The minimum Gasteiger partial charge on any atom is -0.496 e. The molecule has 0 fully saturated rings. The fraction of sp³-hybridized carbons (Fsp3) is 0.333. The van der Waals surface area contributed by atoms with Gasteiger partial charge in [0.2, 0.25) is 0 Å². The molecule has 0 atom stereocenters. The Morgan fingerprint density at radius 2 is 2.25 bits per heavy atom. The van der Waals surface area contributed by atoms with Gasteiger partial charge in [-0.3, -0.25) is 9.36 Å². The second kappa shape index (κ2) is 6.37. The Bertz CT molecular complexity index is 945. The highest BCUT2D eigenvalue weighted by Gasteiger charge is 2.19. The van der Waals surface area contributed by atoms with Crippen molar-refractivity contribution < 1.29 is 4.74 Å². The molecule has 24 heavy (non-hydrogen) atoms. The molecule has 0 saturated heterocycles. The molecule has 1 aromatic carbocycles. The first-order valence-electron chi connectivity index (χ1n) is 8.10. The van der Waals surface area contributed by atoms with E-state index < -0.39 is 0 Å². The van der Waals surface area contributed by atoms with Crippen LogP contribution in [-0.4, -0.2) is 23.2 Å². The molecule has 0 saturated carbocycles. The van der Waals surface area contributed by atoms with Crippen molar-refractivity contribution in [3.63, 3.8) is 0 Å². The quantitative estimate of drug-likeness (QED) is 0.791. The van der Waals surface area contributed by atoms with E-state index in [9.17, 15) is 4.79 Å². The lowest BCUT2D eigenvalue weighted by Gasteiger charge is -2.12. The monoisotopic (exact) mass is 341 g/mol. The number of benzene rings is 1. The van der Waals surface area contributed by atoms with Crippen molar-refractivity contribution >= 4 is 21.6 Å². The molecule has 124 valence electrons. The first-order valence-corrected chi connectivity index (χ1v) is 8.92. The zero-order valence-electron chi connectivity index (χ0n) is 13.5. The van der Waals surface area contributed by atoms with Crippen molar-refractivity contribution in [1.29, 1.82) is 0 Å². The number of nitrogens with one attached hydrogen (secondary N) is 1. The largest absolute Gasteiger partial charge is 0.496 e. The van der Waals surface area contributed by atoms with Crippen LogP contribution in [-0.2, 0) is 25.9 Å². The maximum atomic E-state index is 12.9. The lowest BCUT2D eigenvalue weighted by atomic mass is 10.1. The number of aromatic nitrogens is 2. The third-order valence-electron chi connectivity index (χ3n) is 4.51. The van der Waals surface area contributed by atoms with Crippen LogP contribution >= 0.6 is 11.3 Å². The molecule has 4 rings (SSSR count). The molecule has 0 spiro atoms. The molecule has 1 N–H and O–H groups in total. The van der Waals surface area contributed by atoms with Crippen LogP contribution in [0.5, 0.6) is 5.75 Å². The molecule has 0 unspecified atom stereocenters. The number of ether oxygens (including phenoxy) is 1. The van der Waals surface area contributed by atoms with Crippen LogP contribution in [0.15, 0.2) is 35.4 Å². The summed E-state index contributed by atoms with van der Waals surface area (Å²) < 4.78 is 7.11. The van der Waals surface area contributed by atoms with Crippen molar-refractivity contribution in [2.75, 3.05) is 13.7 Å². The number of aryl methyl sites for hydroxylation is 2. The Morgan fingerprint density at radius 3 is 3.12 bits per heavy atom. The number of rotatable bonds is 4. The van der Waals surface area contributed by atoms with Gasteiger partial charge in [-0.1, -0.05) is 18.2 Å². The molecule has 0 bridgehead atoms. The van der Waals surface area contributed by atoms with Gasteiger partial charge in [0.1, 0.15) is 10.6 Å². The van der Waals surface area contributed by atoms with Crippen LogP contribution in [0.1, 0.15) is 16.0 Å². The summed E-state index contributed by atoms with van der Waals surface area (Å²) in [6.07, 6.45) is 3.32. The summed E-state index contributed by atoms with van der Waals surface area (Å²) in [5.74, 6) is 0.860. The zero-order chi connectivity index (χ0) is 16.5. The molecular weight excluding hydrogens is 322 g/mol. The third kappa shape index (κ3) is 2.61. The predicted octanol–water partition coefficient (Wildman–Crippen LogP) is 2.36. The molecule has 1 aliphatic rings. The molecule has 5 nitrogen and oxygen atoms in total. The van der Waals surface area contributed by atoms with E-state index in [1.165, 1.54) is 10.4 Å². The van der Waals surface area contributed by atoms with Crippen LogP contribution < -0.4 is 15.6 Å². The van der Waals surface area contributed by atoms with Gasteiger partial charge in [-0.05, 0) is 36.6 Å². The fourth-order valence-electron chi connectivity index (χ4n) is 3.26. The number of nitrogens with zero attached hydrogens (tertiary/aromatic N) is 2. The maximum Gasteiger partial charge on any atom is 0.262 e. The van der Waals surface area contributed by atoms with E-state index in [0.29, 0.717) is 6.54 Å². The summed E-state index contributed by atoms with van der Waals surface area (Å²) in [5.41, 5.74) is 2.37. The van der Waals surface area contributed by atoms with Gasteiger partial charge in [-0.2, -0.15) is 0 Å². The molecule has 3 aromatic rings. The first-order chi connectivity index (χ1) is 11.8. The molecule has 6 heteroatoms. The van der Waals surface area contributed by atoms with Gasteiger partial charge in [-0.15, -0.1) is 11.3 Å². The number of fused-ring (bicyclic) bond motifs is 3. The molecule has 1 aliphatic heterocycles. The summed E-state index contributed by atoms with van der Waals surface area (Å²) >= 11 is 1.64. The zero-order valence-corrected chi connectivity index (χ0v) is 14.4. The number of thiophene rings is 1. The highest BCUT2D eigenvalue weighted by Crippen LogP contribution is 2.29. The van der Waals surface area contributed by atoms with Gasteiger partial charge in [0.25, 0.3) is 5.56 Å². The van der Waals surface area contributed by atoms with Gasteiger partial charge in [0.15, 0.2) is 0 Å². The molecule has 0 aliphatic carbocycles. The van der Waals surface area contributed by atoms with E-state index in [1.807, 2.05) is 24.3 Å². The second-order valence-corrected chi connectivity index (χ2v) is 7.00. The first kappa shape index (κ1) is 15.4. The van der Waals surface area contributed by atoms with Crippen LogP contribution in [0.25, 0.3) is 10.2 Å². The lowest BCUT2D eigenvalue weighted by molar-refractivity contribution is 0.408. The third-order valence-corrected chi connectivity index (χ3v) is 5.65. The van der Waals surface area contributed by atoms with Crippen LogP contribution in [0.2, 0.25) is 0 Å². The topological polar surface area (TPSA) is 56.2 Å². The molecule has 3 heterocycles. The van der Waals surface area contributed by atoms with Gasteiger partial charge in [0.05, 0.1) is 18.8 Å². The van der Waals surface area contributed by atoms with Gasteiger partial charge >= 0.3 is 0 Å². The minimum absolute atomic E-state index is 0.0781. The summed E-state index contributed by atoms with van der Waals surface area (Å²) in [6.45, 7) is 2.37. The van der Waals surface area contributed by atoms with E-state index in [1.54, 1.807) is 29.3 Å². The average molecular weight is 341 g/mol. The van der Waals surface area contributed by atoms with Crippen LogP contribution in [0, 0.1) is 0 Å². The Morgan fingerprint density at radius 1 is 1.38 bits per heavy atom. The molecule has 0 radical (unpaired) electrons. The van der Waals surface area contributed by atoms with E-state index in [2.05, 4.69) is 10.3 Å². The van der Waals surface area contributed by atoms with E-state index in [4.69, 9.17) is 4.74 Å². The summed E-state index contributed by atoms with van der Waals surface area (Å²) in [6, 6.07) is 7.92. The summed E-state index contributed by atoms with van der Waals surface area (Å²) in [7, 11) is 1.67. The number of para-hydroxylation sites is 1. The van der Waals surface area contributed by atoms with Crippen molar-refractivity contribution in [1.82, 2.24) is 14.9 Å². The van der Waals surface area contributed by atoms with Crippen molar-refractivity contribution in [3.8, 4) is 5.75 Å². The predicted molar refractivity (Wildman–Crippen MR) is 96.0 cm³/mol. The van der Waals surface area contributed by atoms with E-state index >= 15 is 0 Å². The van der Waals surface area contributed by atoms with Gasteiger partial charge < -0.3 is 10.1 Å². The van der Waals surface area contributed by atoms with Crippen LogP contribution in [0.3, 0.4) is 0 Å². The highest BCUT2D eigenvalue weighted by molar-refractivity contribution is 7.18. The van der Waals surface area contributed by atoms with Crippen molar-refractivity contribution in [2.45, 2.75) is 25.9 Å². The SMILES string of the molecule is COc1ccccc1CCn1cnc2sc3c(c2c1=O)CCNC3. The standard InChI is InChI=1S/C18H19N3O2S/c1-23-14-5-3-2-4-12(14)7-9-21-11-20-17-16(18(21)22)13-6-8-19-10-15(13)24-17/h2-5,11,19H,6-10H2,1H3. The number of methoxy groups -OCH3 is 1. The smallest absolute Gasteiger partial charge is 0.262 e. The highest BCUT2D eigenvalue weighted by atomic mass is 32.1. The average Bonchev–Trinajstić information content (AvgIpc) is 3.00. The van der Waals surface area contributed by atoms with Gasteiger partial charge in [-0.25, -0.2) is 4.98 Å². The van der Waals surface area contributed by atoms with Crippen molar-refractivity contribution in [3.05, 3.63) is 57.0 Å². The summed E-state index contributed by atoms with van der Waals surface area (Å²) in [4.78, 5) is 19.6. The number of hydrogen-bond donors (Lipinski definition) is 1. The molecule has 0 amide bonds. The minimum atomic E-state index is 0.0781. The number of hydrogen-bond acceptors (Lipinski definition) is 5. The Balaban J connectivity index is 1.67. The van der Waals surface area contributed by atoms with Gasteiger partial charge in [0, 0.05) is 18.0 Å². The van der Waals surface area contributed by atoms with Crippen molar-refractivity contribution in [2.24, 2.45) is 0 Å². The van der Waals surface area contributed by atoms with E-state index in [-0.39, 0.29) is 5.56 Å². The molecular formula is C18H19N3O2S. The Kier molecular flexibility index (Phi) is 4.08. The summed E-state index contributed by atoms with van der Waals surface area (Å²) in [5, 5.41) is 4.17. The maximum absolute atomic E-state index is 12.9. The Hall–Kier alpha value is -2.18. The second-order valence-electron chi connectivity index (χ2n) is 5.92. The normalized spacial score (nSPS) is 13.9.